The fraction of sp³-hybridized carbons (Fsp3) is 0.250. The van der Waals surface area contributed by atoms with E-state index in [-0.39, 0.29) is 5.88 Å². The van der Waals surface area contributed by atoms with Gasteiger partial charge in [-0.2, -0.15) is 0 Å². The molecule has 2 rings (SSSR count). The summed E-state index contributed by atoms with van der Waals surface area (Å²) in [4.78, 5) is 0. The first-order chi connectivity index (χ1) is 8.80. The number of hydrogen-bond donors (Lipinski definition) is 1. The number of nitrogen functional groups attached to an aromatic ring is 1. The van der Waals surface area contributed by atoms with E-state index in [0.717, 1.165) is 16.3 Å². The quantitative estimate of drug-likeness (QED) is 0.924. The molecular formula is C12H13BrN2O3S. The van der Waals surface area contributed by atoms with Crippen LogP contribution in [0.5, 0.6) is 0 Å². The molecule has 0 amide bonds. The summed E-state index contributed by atoms with van der Waals surface area (Å²) in [5, 5.41) is 3.02. The minimum Gasteiger partial charge on any atom is -0.367 e. The molecule has 0 saturated heterocycles. The number of rotatable bonds is 3. The van der Waals surface area contributed by atoms with Gasteiger partial charge in [-0.25, -0.2) is 8.42 Å². The largest absolute Gasteiger partial charge is 0.367 e. The normalized spacial score (nSPS) is 13.4. The molecule has 102 valence electrons. The summed E-state index contributed by atoms with van der Waals surface area (Å²) in [6.07, 6.45) is 1.16. The predicted molar refractivity (Wildman–Crippen MR) is 77.3 cm³/mol. The molecule has 1 atom stereocenters. The van der Waals surface area contributed by atoms with Crippen molar-refractivity contribution >= 4 is 31.7 Å². The van der Waals surface area contributed by atoms with Gasteiger partial charge in [0.1, 0.15) is 10.9 Å². The minimum atomic E-state index is -3.27. The Morgan fingerprint density at radius 2 is 1.89 bits per heavy atom. The van der Waals surface area contributed by atoms with Crippen LogP contribution in [0, 0.1) is 0 Å². The minimum absolute atomic E-state index is 0.118. The van der Waals surface area contributed by atoms with E-state index in [2.05, 4.69) is 21.1 Å². The Bertz CT molecular complexity index is 692. The molecule has 1 aromatic heterocycles. The lowest BCUT2D eigenvalue weighted by Gasteiger charge is -2.08. The zero-order valence-corrected chi connectivity index (χ0v) is 12.8. The van der Waals surface area contributed by atoms with Gasteiger partial charge in [-0.1, -0.05) is 33.2 Å². The maximum atomic E-state index is 11.6. The summed E-state index contributed by atoms with van der Waals surface area (Å²) in [7, 11) is -3.27. The Balaban J connectivity index is 2.58. The van der Waals surface area contributed by atoms with Crippen LogP contribution in [-0.2, 0) is 9.84 Å². The highest BCUT2D eigenvalue weighted by molar-refractivity contribution is 9.10. The van der Waals surface area contributed by atoms with Crippen molar-refractivity contribution in [3.63, 3.8) is 0 Å². The summed E-state index contributed by atoms with van der Waals surface area (Å²) < 4.78 is 29.2. The first-order valence-corrected chi connectivity index (χ1v) is 8.25. The van der Waals surface area contributed by atoms with Crippen LogP contribution in [0.2, 0.25) is 0 Å². The number of aromatic nitrogens is 1. The number of nitrogens with zero attached hydrogens (tertiary/aromatic N) is 1. The zero-order valence-electron chi connectivity index (χ0n) is 10.4. The van der Waals surface area contributed by atoms with Crippen molar-refractivity contribution in [2.45, 2.75) is 12.2 Å². The molecule has 1 aromatic carbocycles. The van der Waals surface area contributed by atoms with Gasteiger partial charge in [0.15, 0.2) is 9.84 Å². The summed E-state index contributed by atoms with van der Waals surface area (Å²) in [5.41, 5.74) is 7.40. The van der Waals surface area contributed by atoms with Crippen LogP contribution in [-0.4, -0.2) is 19.8 Å². The van der Waals surface area contributed by atoms with Gasteiger partial charge in [-0.3, -0.25) is 0 Å². The monoisotopic (exact) mass is 344 g/mol. The molecule has 0 bridgehead atoms. The molecule has 0 spiro atoms. The number of sulfone groups is 1. The summed E-state index contributed by atoms with van der Waals surface area (Å²) in [5.74, 6) is 0.118. The van der Waals surface area contributed by atoms with Crippen molar-refractivity contribution in [3.05, 3.63) is 34.4 Å². The third-order valence-electron chi connectivity index (χ3n) is 2.91. The molecule has 0 radical (unpaired) electrons. The molecule has 2 aromatic rings. The van der Waals surface area contributed by atoms with Crippen molar-refractivity contribution < 1.29 is 12.9 Å². The van der Waals surface area contributed by atoms with Crippen LogP contribution in [0.4, 0.5) is 5.88 Å². The lowest BCUT2D eigenvalue weighted by atomic mass is 10.0. The highest BCUT2D eigenvalue weighted by atomic mass is 79.9. The van der Waals surface area contributed by atoms with Crippen molar-refractivity contribution in [1.82, 2.24) is 5.16 Å². The van der Waals surface area contributed by atoms with Gasteiger partial charge in [-0.15, -0.1) is 0 Å². The van der Waals surface area contributed by atoms with E-state index < -0.39 is 15.1 Å². The van der Waals surface area contributed by atoms with Gasteiger partial charge < -0.3 is 10.3 Å². The number of nitrogens with two attached hydrogens (primary N) is 1. The van der Waals surface area contributed by atoms with Gasteiger partial charge in [0, 0.05) is 10.7 Å². The van der Waals surface area contributed by atoms with Crippen molar-refractivity contribution in [2.75, 3.05) is 12.0 Å². The molecule has 0 aliphatic rings. The smallest absolute Gasteiger partial charge is 0.230 e. The zero-order chi connectivity index (χ0) is 14.2. The van der Waals surface area contributed by atoms with E-state index >= 15 is 0 Å². The van der Waals surface area contributed by atoms with Gasteiger partial charge in [0.05, 0.1) is 5.56 Å². The number of anilines is 1. The summed E-state index contributed by atoms with van der Waals surface area (Å²) >= 11 is 3.34. The molecule has 2 N–H and O–H groups in total. The molecule has 1 unspecified atom stereocenters. The number of benzene rings is 1. The van der Waals surface area contributed by atoms with Crippen LogP contribution in [0.25, 0.3) is 11.1 Å². The summed E-state index contributed by atoms with van der Waals surface area (Å²) in [6.45, 7) is 1.56. The molecule has 1 heterocycles. The number of hydrogen-bond acceptors (Lipinski definition) is 5. The van der Waals surface area contributed by atoms with Gasteiger partial charge >= 0.3 is 0 Å². The van der Waals surface area contributed by atoms with Crippen molar-refractivity contribution in [1.29, 1.82) is 0 Å². The molecular weight excluding hydrogens is 332 g/mol. The summed E-state index contributed by atoms with van der Waals surface area (Å²) in [6, 6.07) is 7.34. The Hall–Kier alpha value is -1.34. The van der Waals surface area contributed by atoms with Crippen LogP contribution < -0.4 is 5.73 Å². The van der Waals surface area contributed by atoms with Gasteiger partial charge in [0.2, 0.25) is 5.88 Å². The Kier molecular flexibility index (Phi) is 3.69. The van der Waals surface area contributed by atoms with Crippen LogP contribution in [0.15, 0.2) is 33.3 Å². The fourth-order valence-corrected chi connectivity index (χ4v) is 2.53. The third kappa shape index (κ3) is 2.82. The Morgan fingerprint density at radius 1 is 1.32 bits per heavy atom. The van der Waals surface area contributed by atoms with Crippen LogP contribution in [0.3, 0.4) is 0 Å². The van der Waals surface area contributed by atoms with Crippen molar-refractivity contribution in [3.8, 4) is 11.1 Å². The molecule has 0 aliphatic heterocycles. The molecule has 0 fully saturated rings. The van der Waals surface area contributed by atoms with E-state index in [1.165, 1.54) is 0 Å². The first kappa shape index (κ1) is 14.1. The second-order valence-corrected chi connectivity index (χ2v) is 7.57. The standard InChI is InChI=1S/C12H13BrN2O3S/c1-7(19(2,16)17)11-10(12(14)18-15-11)8-3-5-9(13)6-4-8/h3-7H,14H2,1-2H3. The predicted octanol–water partition coefficient (Wildman–Crippen LogP) is 2.79. The number of halogens is 1. The van der Waals surface area contributed by atoms with E-state index in [4.69, 9.17) is 10.3 Å². The second kappa shape index (κ2) is 4.97. The maximum Gasteiger partial charge on any atom is 0.230 e. The van der Waals surface area contributed by atoms with Crippen molar-refractivity contribution in [2.24, 2.45) is 0 Å². The van der Waals surface area contributed by atoms with Gasteiger partial charge in [-0.05, 0) is 24.6 Å². The highest BCUT2D eigenvalue weighted by Gasteiger charge is 2.27. The molecule has 0 aliphatic carbocycles. The van der Waals surface area contributed by atoms with Crippen LogP contribution >= 0.6 is 15.9 Å². The average Bonchev–Trinajstić information content (AvgIpc) is 2.70. The lowest BCUT2D eigenvalue weighted by Crippen LogP contribution is -2.09. The topological polar surface area (TPSA) is 86.2 Å². The van der Waals surface area contributed by atoms with Crippen LogP contribution in [0.1, 0.15) is 17.9 Å². The highest BCUT2D eigenvalue weighted by Crippen LogP contribution is 2.36. The fourth-order valence-electron chi connectivity index (χ4n) is 1.70. The van der Waals surface area contributed by atoms with E-state index in [9.17, 15) is 8.42 Å². The average molecular weight is 345 g/mol. The Morgan fingerprint density at radius 3 is 2.42 bits per heavy atom. The Labute approximate surface area is 119 Å². The lowest BCUT2D eigenvalue weighted by molar-refractivity contribution is 0.427. The second-order valence-electron chi connectivity index (χ2n) is 4.29. The SMILES string of the molecule is CC(c1noc(N)c1-c1ccc(Br)cc1)S(C)(=O)=O. The maximum absolute atomic E-state index is 11.6. The van der Waals surface area contributed by atoms with E-state index in [0.29, 0.717) is 11.3 Å². The van der Waals surface area contributed by atoms with Gasteiger partial charge in [0.25, 0.3) is 0 Å². The third-order valence-corrected chi connectivity index (χ3v) is 4.94. The van der Waals surface area contributed by atoms with E-state index in [1.54, 1.807) is 6.92 Å². The molecule has 19 heavy (non-hydrogen) atoms. The molecule has 5 nitrogen and oxygen atoms in total. The first-order valence-electron chi connectivity index (χ1n) is 5.50. The van der Waals surface area contributed by atoms with E-state index in [1.807, 2.05) is 24.3 Å². The molecule has 7 heteroatoms. The molecule has 0 saturated carbocycles.